The largest absolute Gasteiger partial charge is 0.368 e. The first-order valence-electron chi connectivity index (χ1n) is 4.50. The lowest BCUT2D eigenvalue weighted by Crippen LogP contribution is -2.46. The second-order valence-electron chi connectivity index (χ2n) is 3.97. The van der Waals surface area contributed by atoms with E-state index in [1.54, 1.807) is 6.92 Å². The highest BCUT2D eigenvalue weighted by Crippen LogP contribution is 2.32. The van der Waals surface area contributed by atoms with E-state index in [-0.39, 0.29) is 18.0 Å². The molecule has 0 N–H and O–H groups in total. The highest BCUT2D eigenvalue weighted by molar-refractivity contribution is 5.88. The van der Waals surface area contributed by atoms with Crippen molar-refractivity contribution in [3.63, 3.8) is 0 Å². The van der Waals surface area contributed by atoms with Gasteiger partial charge in [-0.05, 0) is 20.8 Å². The molecule has 2 rings (SSSR count). The number of Topliss-reactive ketones (excluding diaryl/α,β-unsaturated/α-hetero) is 1. The molecule has 4 nitrogen and oxygen atoms in total. The number of hydrogen-bond acceptors (Lipinski definition) is 4. The Hall–Kier alpha value is -0.450. The molecule has 0 aromatic rings. The van der Waals surface area contributed by atoms with E-state index < -0.39 is 11.9 Å². The summed E-state index contributed by atoms with van der Waals surface area (Å²) in [6, 6.07) is 0. The Morgan fingerprint density at radius 2 is 2.08 bits per heavy atom. The molecule has 13 heavy (non-hydrogen) atoms. The molecule has 2 fully saturated rings. The fraction of sp³-hybridized carbons (Fsp3) is 0.889. The normalized spacial score (nSPS) is 43.3. The van der Waals surface area contributed by atoms with E-state index in [0.29, 0.717) is 6.61 Å². The molecule has 3 atom stereocenters. The molecule has 0 radical (unpaired) electrons. The van der Waals surface area contributed by atoms with E-state index in [0.717, 1.165) is 0 Å². The monoisotopic (exact) mass is 186 g/mol. The molecule has 2 saturated heterocycles. The van der Waals surface area contributed by atoms with Gasteiger partial charge < -0.3 is 14.2 Å². The summed E-state index contributed by atoms with van der Waals surface area (Å²) in [5, 5.41) is 0. The zero-order valence-electron chi connectivity index (χ0n) is 8.07. The van der Waals surface area contributed by atoms with Gasteiger partial charge >= 0.3 is 0 Å². The number of fused-ring (bicyclic) bond motifs is 1. The van der Waals surface area contributed by atoms with Crippen LogP contribution in [-0.4, -0.2) is 36.5 Å². The minimum atomic E-state index is -0.654. The summed E-state index contributed by atoms with van der Waals surface area (Å²) >= 11 is 0. The van der Waals surface area contributed by atoms with Gasteiger partial charge in [-0.1, -0.05) is 0 Å². The van der Waals surface area contributed by atoms with Gasteiger partial charge in [0, 0.05) is 0 Å². The van der Waals surface area contributed by atoms with Crippen molar-refractivity contribution in [2.45, 2.75) is 44.9 Å². The zero-order valence-corrected chi connectivity index (χ0v) is 8.07. The van der Waals surface area contributed by atoms with Crippen LogP contribution in [0.2, 0.25) is 0 Å². The topological polar surface area (TPSA) is 44.8 Å². The van der Waals surface area contributed by atoms with Crippen molar-refractivity contribution in [1.29, 1.82) is 0 Å². The van der Waals surface area contributed by atoms with E-state index in [2.05, 4.69) is 0 Å². The molecule has 0 aliphatic carbocycles. The zero-order chi connectivity index (χ0) is 9.64. The summed E-state index contributed by atoms with van der Waals surface area (Å²) in [5.41, 5.74) is 0. The quantitative estimate of drug-likeness (QED) is 0.552. The number of ether oxygens (including phenoxy) is 3. The third-order valence-corrected chi connectivity index (χ3v) is 2.38. The van der Waals surface area contributed by atoms with Gasteiger partial charge in [-0.3, -0.25) is 4.79 Å². The summed E-state index contributed by atoms with van der Waals surface area (Å²) in [6.07, 6.45) is -1.02. The second kappa shape index (κ2) is 2.77. The van der Waals surface area contributed by atoms with Crippen LogP contribution in [0.5, 0.6) is 0 Å². The molecule has 0 amide bonds. The Kier molecular flexibility index (Phi) is 1.94. The predicted molar refractivity (Wildman–Crippen MR) is 44.2 cm³/mol. The summed E-state index contributed by atoms with van der Waals surface area (Å²) in [4.78, 5) is 11.6. The van der Waals surface area contributed by atoms with E-state index >= 15 is 0 Å². The molecule has 0 aromatic heterocycles. The maximum absolute atomic E-state index is 11.6. The Labute approximate surface area is 77.1 Å². The number of hydrogen-bond donors (Lipinski definition) is 0. The number of carbonyl (C=O) groups is 1. The van der Waals surface area contributed by atoms with E-state index in [1.165, 1.54) is 0 Å². The minimum absolute atomic E-state index is 0.0122. The Morgan fingerprint density at radius 3 is 2.77 bits per heavy atom. The van der Waals surface area contributed by atoms with Gasteiger partial charge in [0.2, 0.25) is 0 Å². The third-order valence-electron chi connectivity index (χ3n) is 2.38. The van der Waals surface area contributed by atoms with E-state index in [9.17, 15) is 4.79 Å². The maximum Gasteiger partial charge on any atom is 0.192 e. The first-order valence-corrected chi connectivity index (χ1v) is 4.50. The highest BCUT2D eigenvalue weighted by Gasteiger charge is 2.49. The highest BCUT2D eigenvalue weighted by atomic mass is 16.8. The first-order chi connectivity index (χ1) is 5.99. The van der Waals surface area contributed by atoms with Gasteiger partial charge in [0.15, 0.2) is 17.7 Å². The maximum atomic E-state index is 11.6. The lowest BCUT2D eigenvalue weighted by Gasteiger charge is -2.25. The SMILES string of the molecule is CC1OCC2OC(C)(C)OC2C1=O. The molecule has 2 aliphatic rings. The van der Waals surface area contributed by atoms with Crippen molar-refractivity contribution in [2.24, 2.45) is 0 Å². The number of ketones is 1. The van der Waals surface area contributed by atoms with Crippen molar-refractivity contribution in [3.8, 4) is 0 Å². The average molecular weight is 186 g/mol. The smallest absolute Gasteiger partial charge is 0.192 e. The van der Waals surface area contributed by atoms with Gasteiger partial charge in [-0.15, -0.1) is 0 Å². The van der Waals surface area contributed by atoms with Gasteiger partial charge in [-0.2, -0.15) is 0 Å². The van der Waals surface area contributed by atoms with Gasteiger partial charge in [0.1, 0.15) is 12.2 Å². The summed E-state index contributed by atoms with van der Waals surface area (Å²) < 4.78 is 16.2. The van der Waals surface area contributed by atoms with Crippen LogP contribution in [0.25, 0.3) is 0 Å². The Balaban J connectivity index is 2.15. The van der Waals surface area contributed by atoms with E-state index in [1.807, 2.05) is 13.8 Å². The number of rotatable bonds is 0. The first kappa shape index (κ1) is 9.12. The summed E-state index contributed by atoms with van der Waals surface area (Å²) in [7, 11) is 0. The molecule has 0 aromatic carbocycles. The molecule has 2 heterocycles. The third kappa shape index (κ3) is 1.49. The molecule has 3 unspecified atom stereocenters. The average Bonchev–Trinajstić information content (AvgIpc) is 2.34. The van der Waals surface area contributed by atoms with Crippen LogP contribution in [0.15, 0.2) is 0 Å². The molecular weight excluding hydrogens is 172 g/mol. The van der Waals surface area contributed by atoms with Crippen molar-refractivity contribution in [1.82, 2.24) is 0 Å². The Morgan fingerprint density at radius 1 is 1.38 bits per heavy atom. The van der Waals surface area contributed by atoms with Gasteiger partial charge in [-0.25, -0.2) is 0 Å². The molecule has 74 valence electrons. The van der Waals surface area contributed by atoms with E-state index in [4.69, 9.17) is 14.2 Å². The summed E-state index contributed by atoms with van der Waals surface area (Å²) in [6.45, 7) is 5.81. The fourth-order valence-corrected chi connectivity index (χ4v) is 1.75. The summed E-state index contributed by atoms with van der Waals surface area (Å²) in [5.74, 6) is -0.667. The van der Waals surface area contributed by atoms with Crippen molar-refractivity contribution in [3.05, 3.63) is 0 Å². The van der Waals surface area contributed by atoms with Crippen LogP contribution in [0.4, 0.5) is 0 Å². The van der Waals surface area contributed by atoms with Crippen LogP contribution in [0.1, 0.15) is 20.8 Å². The molecule has 0 spiro atoms. The van der Waals surface area contributed by atoms with Crippen LogP contribution in [0.3, 0.4) is 0 Å². The molecule has 0 saturated carbocycles. The molecular formula is C9H14O4. The minimum Gasteiger partial charge on any atom is -0.368 e. The van der Waals surface area contributed by atoms with Gasteiger partial charge in [0.05, 0.1) is 6.61 Å². The Bertz CT molecular complexity index is 236. The predicted octanol–water partition coefficient (Wildman–Crippen LogP) is 0.494. The second-order valence-corrected chi connectivity index (χ2v) is 3.97. The molecule has 2 aliphatic heterocycles. The van der Waals surface area contributed by atoms with Crippen LogP contribution in [0, 0.1) is 0 Å². The lowest BCUT2D eigenvalue weighted by atomic mass is 10.0. The van der Waals surface area contributed by atoms with Crippen LogP contribution in [-0.2, 0) is 19.0 Å². The fourth-order valence-electron chi connectivity index (χ4n) is 1.75. The number of carbonyl (C=O) groups excluding carboxylic acids is 1. The van der Waals surface area contributed by atoms with Crippen LogP contribution < -0.4 is 0 Å². The van der Waals surface area contributed by atoms with Gasteiger partial charge in [0.25, 0.3) is 0 Å². The van der Waals surface area contributed by atoms with Crippen molar-refractivity contribution >= 4 is 5.78 Å². The molecule has 4 heteroatoms. The lowest BCUT2D eigenvalue weighted by molar-refractivity contribution is -0.155. The van der Waals surface area contributed by atoms with Crippen molar-refractivity contribution in [2.75, 3.05) is 6.61 Å². The standard InChI is InChI=1S/C9H14O4/c1-5-7(10)8-6(4-11-5)12-9(2,3)13-8/h5-6,8H,4H2,1-3H3. The van der Waals surface area contributed by atoms with Crippen molar-refractivity contribution < 1.29 is 19.0 Å². The molecule has 0 bridgehead atoms. The van der Waals surface area contributed by atoms with Crippen LogP contribution >= 0.6 is 0 Å².